The van der Waals surface area contributed by atoms with E-state index in [9.17, 15) is 14.7 Å². The Kier molecular flexibility index (Phi) is 7.14. The summed E-state index contributed by atoms with van der Waals surface area (Å²) in [6.07, 6.45) is 3.22. The Morgan fingerprint density at radius 3 is 2.69 bits per heavy atom. The van der Waals surface area contributed by atoms with E-state index in [0.717, 1.165) is 0 Å². The average Bonchev–Trinajstić information content (AvgIpc) is 2.73. The molecule has 0 aromatic carbocycles. The fourth-order valence-electron chi connectivity index (χ4n) is 3.51. The molecule has 3 heterocycles. The van der Waals surface area contributed by atoms with Crippen LogP contribution in [0, 0.1) is 5.92 Å². The third-order valence-electron chi connectivity index (χ3n) is 5.05. The molecule has 2 aromatic rings. The number of aliphatic hydroxyl groups excluding tert-OH is 1. The zero-order valence-electron chi connectivity index (χ0n) is 18.5. The molecule has 0 saturated carbocycles. The van der Waals surface area contributed by atoms with Crippen molar-refractivity contribution in [2.75, 3.05) is 30.3 Å². The molecule has 2 atom stereocenters. The number of pyridine rings is 2. The summed E-state index contributed by atoms with van der Waals surface area (Å²) in [6, 6.07) is 6.95. The summed E-state index contributed by atoms with van der Waals surface area (Å²) < 4.78 is 5.45. The van der Waals surface area contributed by atoms with Crippen molar-refractivity contribution in [3.8, 4) is 0 Å². The van der Waals surface area contributed by atoms with Gasteiger partial charge >= 0.3 is 6.09 Å². The first-order chi connectivity index (χ1) is 15.2. The minimum absolute atomic E-state index is 0.132. The summed E-state index contributed by atoms with van der Waals surface area (Å²) in [5.41, 5.74) is 5.69. The van der Waals surface area contributed by atoms with Crippen molar-refractivity contribution in [3.63, 3.8) is 0 Å². The van der Waals surface area contributed by atoms with Crippen LogP contribution in [0.5, 0.6) is 0 Å². The molecular formula is C22H30N6O4. The highest BCUT2D eigenvalue weighted by atomic mass is 16.6. The Hall–Kier alpha value is -3.40. The number of hydrogen-bond acceptors (Lipinski definition) is 8. The van der Waals surface area contributed by atoms with Gasteiger partial charge in [0.25, 0.3) is 5.91 Å². The molecule has 1 unspecified atom stereocenters. The molecular weight excluding hydrogens is 412 g/mol. The van der Waals surface area contributed by atoms with Gasteiger partial charge < -0.3 is 31.1 Å². The number of nitrogens with two attached hydrogens (primary N) is 1. The van der Waals surface area contributed by atoms with Gasteiger partial charge in [-0.15, -0.1) is 0 Å². The quantitative estimate of drug-likeness (QED) is 0.534. The van der Waals surface area contributed by atoms with Crippen molar-refractivity contribution >= 4 is 29.3 Å². The molecule has 5 N–H and O–H groups in total. The summed E-state index contributed by atoms with van der Waals surface area (Å²) in [7, 11) is 0. The lowest BCUT2D eigenvalue weighted by molar-refractivity contribution is 0.0117. The minimum Gasteiger partial charge on any atom is -0.444 e. The predicted octanol–water partition coefficient (Wildman–Crippen LogP) is 2.35. The minimum atomic E-state index is -0.615. The number of anilines is 3. The van der Waals surface area contributed by atoms with E-state index >= 15 is 0 Å². The van der Waals surface area contributed by atoms with Crippen LogP contribution in [0.4, 0.5) is 22.1 Å². The highest BCUT2D eigenvalue weighted by Crippen LogP contribution is 2.27. The molecule has 0 spiro atoms. The van der Waals surface area contributed by atoms with Crippen molar-refractivity contribution in [3.05, 3.63) is 42.2 Å². The van der Waals surface area contributed by atoms with Crippen molar-refractivity contribution in [2.24, 2.45) is 11.7 Å². The second-order valence-electron chi connectivity index (χ2n) is 8.73. The van der Waals surface area contributed by atoms with Gasteiger partial charge in [-0.1, -0.05) is 6.07 Å². The summed E-state index contributed by atoms with van der Waals surface area (Å²) in [6.45, 7) is 6.10. The van der Waals surface area contributed by atoms with Crippen molar-refractivity contribution in [2.45, 2.75) is 38.8 Å². The molecule has 1 aliphatic heterocycles. The maximum absolute atomic E-state index is 12.4. The second kappa shape index (κ2) is 9.82. The maximum atomic E-state index is 12.4. The molecule has 1 saturated heterocycles. The van der Waals surface area contributed by atoms with Gasteiger partial charge in [-0.3, -0.25) is 4.79 Å². The number of amides is 2. The van der Waals surface area contributed by atoms with Gasteiger partial charge in [-0.25, -0.2) is 14.8 Å². The van der Waals surface area contributed by atoms with Crippen molar-refractivity contribution < 1.29 is 19.4 Å². The van der Waals surface area contributed by atoms with Crippen LogP contribution in [0.25, 0.3) is 0 Å². The standard InChI is InChI=1S/C22H30N6O4/c1-22(2,3)32-21(31)28-9-7-16(14(12-28)13-29)26-17-10-19(25-11-15(17)20(23)30)27-18-6-4-5-8-24-18/h4-6,8,10-11,14,16,29H,7,9,12-13H2,1-3H3,(H2,23,30)(H2,24,25,26,27)/t14-,16?/m1/s1. The number of carbonyl (C=O) groups is 2. The van der Waals surface area contributed by atoms with Crippen LogP contribution < -0.4 is 16.4 Å². The molecule has 10 nitrogen and oxygen atoms in total. The normalized spacial score (nSPS) is 18.7. The highest BCUT2D eigenvalue weighted by Gasteiger charge is 2.33. The Labute approximate surface area is 187 Å². The zero-order chi connectivity index (χ0) is 23.3. The van der Waals surface area contributed by atoms with E-state index in [1.807, 2.05) is 26.8 Å². The molecule has 0 aliphatic carbocycles. The number of likely N-dealkylation sites (tertiary alicyclic amines) is 1. The van der Waals surface area contributed by atoms with Crippen LogP contribution >= 0.6 is 0 Å². The monoisotopic (exact) mass is 442 g/mol. The topological polar surface area (TPSA) is 143 Å². The van der Waals surface area contributed by atoms with Crippen LogP contribution in [-0.2, 0) is 4.74 Å². The molecule has 0 radical (unpaired) electrons. The SMILES string of the molecule is CC(C)(C)OC(=O)N1CCC(Nc2cc(Nc3ccccn3)ncc2C(N)=O)[C@@H](CO)C1. The smallest absolute Gasteiger partial charge is 0.410 e. The van der Waals surface area contributed by atoms with Crippen LogP contribution in [0.1, 0.15) is 37.6 Å². The van der Waals surface area contributed by atoms with Gasteiger partial charge in [-0.2, -0.15) is 0 Å². The van der Waals surface area contributed by atoms with Gasteiger partial charge in [0.2, 0.25) is 0 Å². The van der Waals surface area contributed by atoms with E-state index in [0.29, 0.717) is 36.8 Å². The first kappa shape index (κ1) is 23.3. The third kappa shape index (κ3) is 6.07. The largest absolute Gasteiger partial charge is 0.444 e. The molecule has 1 aliphatic rings. The Morgan fingerprint density at radius 2 is 2.06 bits per heavy atom. The summed E-state index contributed by atoms with van der Waals surface area (Å²) in [4.78, 5) is 34.4. The fraction of sp³-hybridized carbons (Fsp3) is 0.455. The maximum Gasteiger partial charge on any atom is 0.410 e. The zero-order valence-corrected chi connectivity index (χ0v) is 18.5. The second-order valence-corrected chi connectivity index (χ2v) is 8.73. The number of nitrogens with one attached hydrogen (secondary N) is 2. The van der Waals surface area contributed by atoms with E-state index in [1.54, 1.807) is 29.3 Å². The van der Waals surface area contributed by atoms with Crippen LogP contribution in [0.15, 0.2) is 36.7 Å². The Bertz CT molecular complexity index is 947. The highest BCUT2D eigenvalue weighted by molar-refractivity contribution is 5.98. The first-order valence-corrected chi connectivity index (χ1v) is 10.5. The molecule has 0 bridgehead atoms. The van der Waals surface area contributed by atoms with Gasteiger partial charge in [0.1, 0.15) is 17.2 Å². The number of nitrogens with zero attached hydrogens (tertiary/aromatic N) is 3. The Morgan fingerprint density at radius 1 is 1.28 bits per heavy atom. The van der Waals surface area contributed by atoms with Crippen LogP contribution in [0.2, 0.25) is 0 Å². The lowest BCUT2D eigenvalue weighted by Gasteiger charge is -2.39. The van der Waals surface area contributed by atoms with Gasteiger partial charge in [0.05, 0.1) is 11.3 Å². The van der Waals surface area contributed by atoms with Gasteiger partial charge in [0.15, 0.2) is 0 Å². The van der Waals surface area contributed by atoms with E-state index in [2.05, 4.69) is 20.6 Å². The summed E-state index contributed by atoms with van der Waals surface area (Å²) in [5.74, 6) is 0.230. The lowest BCUT2D eigenvalue weighted by atomic mass is 9.92. The van der Waals surface area contributed by atoms with E-state index in [1.165, 1.54) is 6.20 Å². The molecule has 10 heteroatoms. The number of carbonyl (C=O) groups excluding carboxylic acids is 2. The molecule has 2 amide bonds. The summed E-state index contributed by atoms with van der Waals surface area (Å²) >= 11 is 0. The van der Waals surface area contributed by atoms with E-state index < -0.39 is 17.6 Å². The molecule has 3 rings (SSSR count). The molecule has 1 fully saturated rings. The summed E-state index contributed by atoms with van der Waals surface area (Å²) in [5, 5.41) is 16.4. The van der Waals surface area contributed by atoms with Crippen LogP contribution in [0.3, 0.4) is 0 Å². The number of rotatable bonds is 6. The van der Waals surface area contributed by atoms with Gasteiger partial charge in [0, 0.05) is 50.1 Å². The van der Waals surface area contributed by atoms with Crippen LogP contribution in [-0.4, -0.2) is 63.3 Å². The molecule has 32 heavy (non-hydrogen) atoms. The van der Waals surface area contributed by atoms with Crippen molar-refractivity contribution in [1.82, 2.24) is 14.9 Å². The molecule has 172 valence electrons. The number of hydrogen-bond donors (Lipinski definition) is 4. The predicted molar refractivity (Wildman–Crippen MR) is 121 cm³/mol. The first-order valence-electron chi connectivity index (χ1n) is 10.5. The van der Waals surface area contributed by atoms with Crippen molar-refractivity contribution in [1.29, 1.82) is 0 Å². The van der Waals surface area contributed by atoms with E-state index in [4.69, 9.17) is 10.5 Å². The number of aromatic nitrogens is 2. The van der Waals surface area contributed by atoms with E-state index in [-0.39, 0.29) is 24.1 Å². The third-order valence-corrected chi connectivity index (χ3v) is 5.05. The lowest BCUT2D eigenvalue weighted by Crippen LogP contribution is -2.51. The number of aliphatic hydroxyl groups is 1. The Balaban J connectivity index is 1.75. The number of primary amides is 1. The average molecular weight is 443 g/mol. The number of piperidine rings is 1. The fourth-order valence-corrected chi connectivity index (χ4v) is 3.51. The van der Waals surface area contributed by atoms with Gasteiger partial charge in [-0.05, 0) is 39.3 Å². The molecule has 2 aromatic heterocycles. The number of ether oxygens (including phenoxy) is 1.